The summed E-state index contributed by atoms with van der Waals surface area (Å²) in [7, 11) is -4.09. The molecule has 118 valence electrons. The second kappa shape index (κ2) is 7.46. The highest BCUT2D eigenvalue weighted by molar-refractivity contribution is 7.89. The van der Waals surface area contributed by atoms with E-state index in [-0.39, 0.29) is 17.7 Å². The van der Waals surface area contributed by atoms with Crippen molar-refractivity contribution in [3.05, 3.63) is 24.3 Å². The van der Waals surface area contributed by atoms with E-state index in [9.17, 15) is 23.1 Å². The highest BCUT2D eigenvalue weighted by atomic mass is 32.2. The molecular formula is C12H14N4O5S. The lowest BCUT2D eigenvalue weighted by Gasteiger charge is -2.19. The van der Waals surface area contributed by atoms with Gasteiger partial charge in [0.05, 0.1) is 27.2 Å². The van der Waals surface area contributed by atoms with Crippen LogP contribution in [0.25, 0.3) is 0 Å². The Morgan fingerprint density at radius 2 is 1.95 bits per heavy atom. The van der Waals surface area contributed by atoms with Crippen LogP contribution in [0.3, 0.4) is 0 Å². The Hall–Kier alpha value is -2.55. The van der Waals surface area contributed by atoms with E-state index < -0.39 is 27.8 Å². The van der Waals surface area contributed by atoms with Crippen molar-refractivity contribution in [2.45, 2.75) is 23.8 Å². The van der Waals surface area contributed by atoms with Gasteiger partial charge in [0.2, 0.25) is 15.8 Å². The van der Waals surface area contributed by atoms with Gasteiger partial charge in [-0.15, -0.1) is 0 Å². The van der Waals surface area contributed by atoms with Crippen LogP contribution in [-0.2, 0) is 19.6 Å². The van der Waals surface area contributed by atoms with E-state index in [1.807, 2.05) is 4.72 Å². The monoisotopic (exact) mass is 326 g/mol. The van der Waals surface area contributed by atoms with Crippen molar-refractivity contribution in [2.75, 3.05) is 5.73 Å². The molecule has 10 heteroatoms. The quantitative estimate of drug-likeness (QED) is 0.223. The van der Waals surface area contributed by atoms with Gasteiger partial charge in [0.25, 0.3) is 0 Å². The first kappa shape index (κ1) is 17.5. The van der Waals surface area contributed by atoms with Crippen LogP contribution in [0.15, 0.2) is 29.2 Å². The van der Waals surface area contributed by atoms with Crippen LogP contribution in [0.2, 0.25) is 0 Å². The number of sulfonamides is 1. The average molecular weight is 326 g/mol. The first-order valence-corrected chi connectivity index (χ1v) is 7.56. The van der Waals surface area contributed by atoms with Crippen molar-refractivity contribution >= 4 is 33.7 Å². The maximum Gasteiger partial charge on any atom is 0.372 e. The summed E-state index contributed by atoms with van der Waals surface area (Å²) in [6, 6.07) is 3.59. The first-order valence-electron chi connectivity index (χ1n) is 6.07. The number of nitrogen functional groups attached to an aromatic ring is 1. The van der Waals surface area contributed by atoms with Gasteiger partial charge < -0.3 is 15.6 Å². The topological polar surface area (TPSA) is 167 Å². The Morgan fingerprint density at radius 3 is 2.45 bits per heavy atom. The molecule has 0 aliphatic heterocycles. The molecule has 0 saturated heterocycles. The summed E-state index contributed by atoms with van der Waals surface area (Å²) >= 11 is 0. The number of benzene rings is 1. The average Bonchev–Trinajstić information content (AvgIpc) is 2.44. The number of nitrogens with two attached hydrogens (primary N) is 1. The number of carboxylic acid groups (broad SMARTS) is 1. The van der Waals surface area contributed by atoms with Gasteiger partial charge in [-0.05, 0) is 30.7 Å². The van der Waals surface area contributed by atoms with Crippen molar-refractivity contribution in [3.63, 3.8) is 0 Å². The molecule has 0 aromatic heterocycles. The normalized spacial score (nSPS) is 12.2. The number of anilines is 1. The van der Waals surface area contributed by atoms with Crippen LogP contribution < -0.4 is 15.6 Å². The zero-order valence-electron chi connectivity index (χ0n) is 11.4. The van der Waals surface area contributed by atoms with Crippen molar-refractivity contribution in [1.82, 2.24) is 4.72 Å². The van der Waals surface area contributed by atoms with Crippen LogP contribution >= 0.6 is 0 Å². The molecule has 22 heavy (non-hydrogen) atoms. The van der Waals surface area contributed by atoms with Gasteiger partial charge in [-0.1, -0.05) is 0 Å². The largest absolute Gasteiger partial charge is 0.548 e. The predicted octanol–water partition coefficient (Wildman–Crippen LogP) is -1.68. The molecule has 0 radical (unpaired) electrons. The number of ketones is 1. The van der Waals surface area contributed by atoms with E-state index in [2.05, 4.69) is 4.79 Å². The fraction of sp³-hybridized carbons (Fsp3) is 0.250. The molecule has 0 spiro atoms. The van der Waals surface area contributed by atoms with Gasteiger partial charge in [0, 0.05) is 12.1 Å². The van der Waals surface area contributed by atoms with E-state index >= 15 is 0 Å². The number of hydrogen-bond donors (Lipinski definition) is 3. The number of nitrogens with one attached hydrogen (secondary N) is 2. The smallest absolute Gasteiger partial charge is 0.372 e. The lowest BCUT2D eigenvalue weighted by molar-refractivity contribution is -0.308. The molecule has 1 unspecified atom stereocenters. The summed E-state index contributed by atoms with van der Waals surface area (Å²) in [4.78, 5) is 24.8. The highest BCUT2D eigenvalue weighted by Gasteiger charge is 2.22. The number of hydrogen-bond acceptors (Lipinski definition) is 7. The molecule has 4 N–H and O–H groups in total. The molecule has 1 atom stereocenters. The van der Waals surface area contributed by atoms with Crippen molar-refractivity contribution in [2.24, 2.45) is 0 Å². The van der Waals surface area contributed by atoms with Crippen molar-refractivity contribution in [3.8, 4) is 0 Å². The molecule has 0 heterocycles. The van der Waals surface area contributed by atoms with E-state index in [0.717, 1.165) is 0 Å². The van der Waals surface area contributed by atoms with Crippen LogP contribution in [0.4, 0.5) is 5.69 Å². The molecule has 0 fully saturated rings. The van der Waals surface area contributed by atoms with E-state index in [4.69, 9.17) is 11.3 Å². The Morgan fingerprint density at radius 1 is 1.36 bits per heavy atom. The van der Waals surface area contributed by atoms with E-state index in [1.54, 1.807) is 0 Å². The van der Waals surface area contributed by atoms with Crippen LogP contribution in [-0.4, -0.2) is 37.2 Å². The SMILES string of the molecule is N=[N+]=CC(=O)CCC(NS(=O)(=O)c1ccc(N)cc1)C(=O)[O-]. The molecule has 1 aromatic rings. The molecule has 1 aromatic carbocycles. The summed E-state index contributed by atoms with van der Waals surface area (Å²) in [5.41, 5.74) is 12.3. The van der Waals surface area contributed by atoms with Crippen LogP contribution in [0.1, 0.15) is 12.8 Å². The molecule has 0 bridgehead atoms. The van der Waals surface area contributed by atoms with Gasteiger partial charge in [0.15, 0.2) is 0 Å². The Kier molecular flexibility index (Phi) is 5.93. The minimum Gasteiger partial charge on any atom is -0.548 e. The maximum atomic E-state index is 12.0. The second-order valence-electron chi connectivity index (χ2n) is 4.33. The van der Waals surface area contributed by atoms with Gasteiger partial charge in [-0.2, -0.15) is 0 Å². The lowest BCUT2D eigenvalue weighted by Crippen LogP contribution is -2.48. The zero-order chi connectivity index (χ0) is 16.8. The predicted molar refractivity (Wildman–Crippen MR) is 73.3 cm³/mol. The minimum atomic E-state index is -4.09. The molecule has 0 amide bonds. The third kappa shape index (κ3) is 5.09. The molecular weight excluding hydrogens is 312 g/mol. The Balaban J connectivity index is 2.85. The maximum absolute atomic E-state index is 12.0. The lowest BCUT2D eigenvalue weighted by atomic mass is 10.1. The number of carbonyl (C=O) groups excluding carboxylic acids is 2. The van der Waals surface area contributed by atoms with Gasteiger partial charge in [-0.3, -0.25) is 4.79 Å². The highest BCUT2D eigenvalue weighted by Crippen LogP contribution is 2.12. The summed E-state index contributed by atoms with van der Waals surface area (Å²) in [5.74, 6) is -2.25. The second-order valence-corrected chi connectivity index (χ2v) is 6.04. The number of rotatable bonds is 8. The summed E-state index contributed by atoms with van der Waals surface area (Å²) < 4.78 is 26.0. The van der Waals surface area contributed by atoms with E-state index in [1.165, 1.54) is 24.3 Å². The summed E-state index contributed by atoms with van der Waals surface area (Å²) in [5, 5.41) is 11.0. The fourth-order valence-electron chi connectivity index (χ4n) is 1.55. The number of carboxylic acids is 1. The number of nitrogens with zero attached hydrogens (tertiary/aromatic N) is 1. The molecule has 1 rings (SSSR count). The molecule has 0 saturated carbocycles. The first-order chi connectivity index (χ1) is 10.3. The standard InChI is InChI=1S/C12H14N4O5S/c13-8-1-4-10(5-2-8)22(20,21)16-11(12(18)19)6-3-9(17)7-15-14/h1-2,4-5,7,11,14,16H,3,6,13H2. The van der Waals surface area contributed by atoms with Gasteiger partial charge in [0.1, 0.15) is 0 Å². The number of carbonyl (C=O) groups is 2. The number of Topliss-reactive ketones (excluding diaryl/α,β-unsaturated/α-hetero) is 1. The van der Waals surface area contributed by atoms with Crippen molar-refractivity contribution in [1.29, 1.82) is 5.53 Å². The van der Waals surface area contributed by atoms with E-state index in [0.29, 0.717) is 11.9 Å². The molecule has 0 aliphatic rings. The van der Waals surface area contributed by atoms with Gasteiger partial charge >= 0.3 is 6.21 Å². The molecule has 0 aliphatic carbocycles. The Labute approximate surface area is 126 Å². The molecule has 9 nitrogen and oxygen atoms in total. The zero-order valence-corrected chi connectivity index (χ0v) is 12.2. The third-order valence-electron chi connectivity index (χ3n) is 2.66. The van der Waals surface area contributed by atoms with Gasteiger partial charge in [-0.25, -0.2) is 13.1 Å². The summed E-state index contributed by atoms with van der Waals surface area (Å²) in [6.07, 6.45) is 0.105. The van der Waals surface area contributed by atoms with Crippen LogP contribution in [0.5, 0.6) is 0 Å². The Bertz CT molecular complexity index is 708. The van der Waals surface area contributed by atoms with Crippen LogP contribution in [0, 0.1) is 5.53 Å². The van der Waals surface area contributed by atoms with Crippen molar-refractivity contribution < 1.29 is 27.9 Å². The minimum absolute atomic E-state index is 0.160. The third-order valence-corrected chi connectivity index (χ3v) is 4.15. The summed E-state index contributed by atoms with van der Waals surface area (Å²) in [6.45, 7) is 0. The number of aliphatic carboxylic acids is 1. The fourth-order valence-corrected chi connectivity index (χ4v) is 2.77.